The average molecular weight is 496 g/mol. The van der Waals surface area contributed by atoms with E-state index in [-0.39, 0.29) is 5.92 Å². The number of H-pyrrole nitrogens is 1. The van der Waals surface area contributed by atoms with Crippen molar-refractivity contribution in [3.63, 3.8) is 0 Å². The number of hydrogen-bond donors (Lipinski definition) is 1. The Morgan fingerprint density at radius 1 is 1.06 bits per heavy atom. The summed E-state index contributed by atoms with van der Waals surface area (Å²) in [4.78, 5) is 4.62. The Labute approximate surface area is 213 Å². The second-order valence-electron chi connectivity index (χ2n) is 8.34. The minimum absolute atomic E-state index is 0.0100. The summed E-state index contributed by atoms with van der Waals surface area (Å²) in [5, 5.41) is 17.6. The van der Waals surface area contributed by atoms with Crippen molar-refractivity contribution in [3.8, 4) is 34.5 Å². The van der Waals surface area contributed by atoms with Crippen molar-refractivity contribution in [2.75, 3.05) is 7.11 Å². The Hall–Kier alpha value is -4.22. The third-order valence-electron chi connectivity index (χ3n) is 6.01. The molecule has 0 unspecified atom stereocenters. The van der Waals surface area contributed by atoms with E-state index < -0.39 is 0 Å². The van der Waals surface area contributed by atoms with E-state index in [1.54, 1.807) is 18.4 Å². The van der Waals surface area contributed by atoms with Gasteiger partial charge in [-0.25, -0.2) is 0 Å². The molecule has 5 aromatic rings. The maximum Gasteiger partial charge on any atom is 0.176 e. The van der Waals surface area contributed by atoms with Crippen molar-refractivity contribution in [3.05, 3.63) is 82.8 Å². The molecule has 0 radical (unpaired) electrons. The molecule has 8 heteroatoms. The summed E-state index contributed by atoms with van der Waals surface area (Å²) in [7, 11) is 1.69. The van der Waals surface area contributed by atoms with Crippen LogP contribution in [-0.4, -0.2) is 32.7 Å². The maximum absolute atomic E-state index is 6.07. The molecule has 0 aliphatic carbocycles. The molecule has 5 rings (SSSR count). The van der Waals surface area contributed by atoms with Gasteiger partial charge in [-0.1, -0.05) is 29.3 Å². The van der Waals surface area contributed by atoms with Crippen molar-refractivity contribution >= 4 is 21.4 Å². The van der Waals surface area contributed by atoms with Crippen LogP contribution in [0.15, 0.2) is 60.1 Å². The summed E-state index contributed by atoms with van der Waals surface area (Å²) in [6, 6.07) is 16.3. The van der Waals surface area contributed by atoms with Gasteiger partial charge in [-0.15, -0.1) is 27.5 Å². The van der Waals surface area contributed by atoms with Crippen LogP contribution in [0.3, 0.4) is 0 Å². The summed E-state index contributed by atoms with van der Waals surface area (Å²) in [6.07, 6.45) is 2.52. The second kappa shape index (κ2) is 10.6. The van der Waals surface area contributed by atoms with Crippen LogP contribution in [0, 0.1) is 18.8 Å². The number of aromatic nitrogens is 5. The summed E-state index contributed by atoms with van der Waals surface area (Å²) < 4.78 is 12.6. The Kier molecular flexibility index (Phi) is 6.92. The van der Waals surface area contributed by atoms with E-state index in [0.717, 1.165) is 27.5 Å². The molecule has 2 aromatic carbocycles. The molecule has 0 aliphatic rings. The van der Waals surface area contributed by atoms with Crippen LogP contribution in [0.5, 0.6) is 11.5 Å². The van der Waals surface area contributed by atoms with Crippen molar-refractivity contribution in [2.24, 2.45) is 0 Å². The lowest BCUT2D eigenvalue weighted by molar-refractivity contribution is 0.301. The lowest BCUT2D eigenvalue weighted by atomic mass is 9.96. The predicted molar refractivity (Wildman–Crippen MR) is 141 cm³/mol. The number of pyridine rings is 1. The smallest absolute Gasteiger partial charge is 0.176 e. The van der Waals surface area contributed by atoms with Crippen LogP contribution in [0.25, 0.3) is 21.2 Å². The molecule has 3 heterocycles. The topological polar surface area (TPSA) is 85.8 Å². The molecule has 0 spiro atoms. The van der Waals surface area contributed by atoms with Gasteiger partial charge >= 0.3 is 0 Å². The minimum atomic E-state index is -0.0100. The first-order valence-corrected chi connectivity index (χ1v) is 12.4. The molecule has 0 bridgehead atoms. The molecule has 0 saturated heterocycles. The summed E-state index contributed by atoms with van der Waals surface area (Å²) in [5.74, 6) is 8.50. The lowest BCUT2D eigenvalue weighted by Crippen LogP contribution is -2.03. The second-order valence-corrected chi connectivity index (χ2v) is 9.25. The van der Waals surface area contributed by atoms with Crippen LogP contribution >= 0.6 is 11.3 Å². The zero-order valence-electron chi connectivity index (χ0n) is 20.3. The maximum atomic E-state index is 6.07. The van der Waals surface area contributed by atoms with E-state index in [0.29, 0.717) is 18.9 Å². The Morgan fingerprint density at radius 3 is 2.61 bits per heavy atom. The number of tetrazole rings is 1. The van der Waals surface area contributed by atoms with Crippen LogP contribution in [-0.2, 0) is 13.0 Å². The van der Waals surface area contributed by atoms with E-state index in [4.69, 9.17) is 9.47 Å². The summed E-state index contributed by atoms with van der Waals surface area (Å²) >= 11 is 1.70. The number of rotatable bonds is 8. The summed E-state index contributed by atoms with van der Waals surface area (Å²) in [5.41, 5.74) is 5.53. The van der Waals surface area contributed by atoms with E-state index >= 15 is 0 Å². The highest BCUT2D eigenvalue weighted by atomic mass is 32.1. The van der Waals surface area contributed by atoms with Crippen molar-refractivity contribution < 1.29 is 9.47 Å². The van der Waals surface area contributed by atoms with Gasteiger partial charge in [-0.05, 0) is 66.2 Å². The number of hydrogen-bond acceptors (Lipinski definition) is 7. The molecule has 0 amide bonds. The fourth-order valence-corrected chi connectivity index (χ4v) is 5.07. The highest BCUT2D eigenvalue weighted by Crippen LogP contribution is 2.36. The SMILES string of the molecule is CC#C[C@@H](Cc1nn[nH]n1)c1ccc(OCc2cc3c(-c4ccc(OC)cc4C)csc3cn2)cc1. The Bertz CT molecular complexity index is 1530. The van der Waals surface area contributed by atoms with Gasteiger partial charge in [0.25, 0.3) is 0 Å². The zero-order valence-corrected chi connectivity index (χ0v) is 21.1. The Balaban J connectivity index is 1.31. The van der Waals surface area contributed by atoms with Crippen molar-refractivity contribution in [1.29, 1.82) is 0 Å². The van der Waals surface area contributed by atoms with Crippen LogP contribution in [0.1, 0.15) is 35.5 Å². The molecule has 180 valence electrons. The molecule has 36 heavy (non-hydrogen) atoms. The van der Waals surface area contributed by atoms with Crippen molar-refractivity contribution in [2.45, 2.75) is 32.8 Å². The van der Waals surface area contributed by atoms with Gasteiger partial charge in [0.2, 0.25) is 0 Å². The van der Waals surface area contributed by atoms with Crippen LogP contribution < -0.4 is 9.47 Å². The number of thiophene rings is 1. The highest BCUT2D eigenvalue weighted by molar-refractivity contribution is 7.17. The Morgan fingerprint density at radius 2 is 1.89 bits per heavy atom. The molecular formula is C28H25N5O2S. The monoisotopic (exact) mass is 495 g/mol. The normalized spacial score (nSPS) is 11.6. The van der Waals surface area contributed by atoms with Crippen LogP contribution in [0.2, 0.25) is 0 Å². The fraction of sp³-hybridized carbons (Fsp3) is 0.214. The molecule has 1 N–H and O–H groups in total. The molecule has 1 atom stereocenters. The first-order valence-electron chi connectivity index (χ1n) is 11.5. The predicted octanol–water partition coefficient (Wildman–Crippen LogP) is 5.72. The highest BCUT2D eigenvalue weighted by Gasteiger charge is 2.14. The number of aryl methyl sites for hydroxylation is 1. The molecule has 3 aromatic heterocycles. The molecule has 0 saturated carbocycles. The van der Waals surface area contributed by atoms with Gasteiger partial charge in [-0.2, -0.15) is 5.21 Å². The molecule has 0 aliphatic heterocycles. The number of fused-ring (bicyclic) bond motifs is 1. The van der Waals surface area contributed by atoms with Gasteiger partial charge in [0, 0.05) is 23.6 Å². The van der Waals surface area contributed by atoms with Crippen molar-refractivity contribution in [1.82, 2.24) is 25.6 Å². The number of ether oxygens (including phenoxy) is 2. The largest absolute Gasteiger partial charge is 0.497 e. The molecule has 0 fully saturated rings. The van der Waals surface area contributed by atoms with Crippen LogP contribution in [0.4, 0.5) is 0 Å². The summed E-state index contributed by atoms with van der Waals surface area (Å²) in [6.45, 7) is 4.32. The number of benzene rings is 2. The zero-order chi connectivity index (χ0) is 24.9. The molecular weight excluding hydrogens is 470 g/mol. The average Bonchev–Trinajstić information content (AvgIpc) is 3.57. The van der Waals surface area contributed by atoms with E-state index in [2.05, 4.69) is 68.0 Å². The minimum Gasteiger partial charge on any atom is -0.497 e. The third kappa shape index (κ3) is 5.07. The first kappa shape index (κ1) is 23.5. The van der Waals surface area contributed by atoms with Gasteiger partial charge in [0.1, 0.15) is 18.1 Å². The van der Waals surface area contributed by atoms with E-state index in [9.17, 15) is 0 Å². The number of nitrogens with zero attached hydrogens (tertiary/aromatic N) is 4. The first-order chi connectivity index (χ1) is 17.6. The van der Waals surface area contributed by atoms with Gasteiger partial charge in [0.15, 0.2) is 5.82 Å². The van der Waals surface area contributed by atoms with Gasteiger partial charge in [-0.3, -0.25) is 4.98 Å². The van der Waals surface area contributed by atoms with Gasteiger partial charge < -0.3 is 9.47 Å². The van der Waals surface area contributed by atoms with E-state index in [1.807, 2.05) is 43.5 Å². The van der Waals surface area contributed by atoms with E-state index in [1.165, 1.54) is 22.1 Å². The van der Waals surface area contributed by atoms with Gasteiger partial charge in [0.05, 0.1) is 23.4 Å². The lowest BCUT2D eigenvalue weighted by Gasteiger charge is -2.11. The third-order valence-corrected chi connectivity index (χ3v) is 6.94. The quantitative estimate of drug-likeness (QED) is 0.277. The standard InChI is InChI=1S/C28H25N5O2S/c1-4-5-20(13-28-30-32-33-31-28)19-6-8-22(9-7-19)35-16-21-14-25-26(17-36-27(25)15-29-21)24-11-10-23(34-3)12-18(24)2/h6-12,14-15,17,20H,13,16H2,1-3H3,(H,30,31,32,33)/t20-/m0/s1. The number of methoxy groups -OCH3 is 1. The fourth-order valence-electron chi connectivity index (χ4n) is 4.16. The number of aromatic amines is 1. The number of nitrogens with one attached hydrogen (secondary N) is 1. The molecule has 7 nitrogen and oxygen atoms in total.